The molecular formula is C14H19F2N3OS. The number of nitrogens with one attached hydrogen (secondary N) is 2. The minimum Gasteiger partial charge on any atom is -0.389 e. The van der Waals surface area contributed by atoms with Crippen LogP contribution in [0.2, 0.25) is 0 Å². The van der Waals surface area contributed by atoms with Crippen molar-refractivity contribution in [3.63, 3.8) is 0 Å². The monoisotopic (exact) mass is 315 g/mol. The molecule has 0 saturated carbocycles. The zero-order valence-corrected chi connectivity index (χ0v) is 12.8. The van der Waals surface area contributed by atoms with E-state index in [4.69, 9.17) is 5.73 Å². The average Bonchev–Trinajstić information content (AvgIpc) is 2.42. The number of halogens is 2. The summed E-state index contributed by atoms with van der Waals surface area (Å²) in [6, 6.07) is 2.75. The third kappa shape index (κ3) is 4.93. The van der Waals surface area contributed by atoms with Crippen LogP contribution in [0.4, 0.5) is 14.5 Å². The van der Waals surface area contributed by atoms with Gasteiger partial charge < -0.3 is 16.4 Å². The molecular weight excluding hydrogens is 296 g/mol. The Morgan fingerprint density at radius 3 is 2.62 bits per heavy atom. The Morgan fingerprint density at radius 2 is 2.05 bits per heavy atom. The van der Waals surface area contributed by atoms with Crippen molar-refractivity contribution in [2.45, 2.75) is 32.7 Å². The summed E-state index contributed by atoms with van der Waals surface area (Å²) in [4.78, 5) is 11.3. The zero-order chi connectivity index (χ0) is 16.0. The summed E-state index contributed by atoms with van der Waals surface area (Å²) in [5.41, 5.74) is 5.12. The Morgan fingerprint density at radius 1 is 1.38 bits per heavy atom. The standard InChI is InChI=1S/C14H19F2N3OS/c1-3-8(2)19-11(20)6-7-18-10-5-4-9(14(17)21)12(15)13(10)16/h4-5,8,18H,3,6-7H2,1-2H3,(H2,17,21)(H,19,20). The van der Waals surface area contributed by atoms with Crippen LogP contribution in [0.15, 0.2) is 12.1 Å². The van der Waals surface area contributed by atoms with Crippen LogP contribution in [0.1, 0.15) is 32.3 Å². The normalized spacial score (nSPS) is 11.8. The lowest BCUT2D eigenvalue weighted by molar-refractivity contribution is -0.121. The number of amides is 1. The van der Waals surface area contributed by atoms with Gasteiger partial charge in [-0.15, -0.1) is 0 Å². The van der Waals surface area contributed by atoms with Gasteiger partial charge in [0.15, 0.2) is 11.6 Å². The van der Waals surface area contributed by atoms with Crippen molar-refractivity contribution in [2.75, 3.05) is 11.9 Å². The maximum Gasteiger partial charge on any atom is 0.221 e. The van der Waals surface area contributed by atoms with Crippen LogP contribution in [0.25, 0.3) is 0 Å². The van der Waals surface area contributed by atoms with E-state index in [9.17, 15) is 13.6 Å². The van der Waals surface area contributed by atoms with Gasteiger partial charge in [0, 0.05) is 24.6 Å². The van der Waals surface area contributed by atoms with Gasteiger partial charge >= 0.3 is 0 Å². The number of thiocarbonyl (C=S) groups is 1. The molecule has 1 atom stereocenters. The first-order chi connectivity index (χ1) is 9.86. The van der Waals surface area contributed by atoms with Crippen molar-refractivity contribution < 1.29 is 13.6 Å². The molecule has 0 aliphatic carbocycles. The molecule has 4 N–H and O–H groups in total. The van der Waals surface area contributed by atoms with Crippen molar-refractivity contribution in [3.05, 3.63) is 29.3 Å². The van der Waals surface area contributed by atoms with Gasteiger partial charge in [-0.2, -0.15) is 0 Å². The van der Waals surface area contributed by atoms with E-state index in [0.717, 1.165) is 6.42 Å². The first-order valence-corrected chi connectivity index (χ1v) is 7.08. The second-order valence-electron chi connectivity index (χ2n) is 4.71. The van der Waals surface area contributed by atoms with Gasteiger partial charge in [-0.3, -0.25) is 4.79 Å². The van der Waals surface area contributed by atoms with Crippen LogP contribution >= 0.6 is 12.2 Å². The average molecular weight is 315 g/mol. The Bertz CT molecular complexity index is 537. The van der Waals surface area contributed by atoms with Crippen molar-refractivity contribution >= 4 is 28.8 Å². The highest BCUT2D eigenvalue weighted by Crippen LogP contribution is 2.20. The molecule has 4 nitrogen and oxygen atoms in total. The molecule has 0 heterocycles. The molecule has 1 unspecified atom stereocenters. The van der Waals surface area contributed by atoms with E-state index in [1.807, 2.05) is 13.8 Å². The number of benzene rings is 1. The molecule has 0 aliphatic rings. The molecule has 1 rings (SSSR count). The van der Waals surface area contributed by atoms with Crippen LogP contribution in [0.5, 0.6) is 0 Å². The molecule has 0 aromatic heterocycles. The maximum atomic E-state index is 13.8. The first-order valence-electron chi connectivity index (χ1n) is 6.67. The fraction of sp³-hybridized carbons (Fsp3) is 0.429. The predicted octanol–water partition coefficient (Wildman–Crippen LogP) is 2.32. The molecule has 1 amide bonds. The van der Waals surface area contributed by atoms with E-state index in [0.29, 0.717) is 0 Å². The highest BCUT2D eigenvalue weighted by Gasteiger charge is 2.15. The summed E-state index contributed by atoms with van der Waals surface area (Å²) in [6.07, 6.45) is 1.00. The summed E-state index contributed by atoms with van der Waals surface area (Å²) < 4.78 is 27.4. The Hall–Kier alpha value is -1.76. The van der Waals surface area contributed by atoms with E-state index >= 15 is 0 Å². The molecule has 0 saturated heterocycles. The maximum absolute atomic E-state index is 13.8. The molecule has 0 radical (unpaired) electrons. The first kappa shape index (κ1) is 17.3. The fourth-order valence-electron chi connectivity index (χ4n) is 1.64. The predicted molar refractivity (Wildman–Crippen MR) is 83.2 cm³/mol. The third-order valence-corrected chi connectivity index (χ3v) is 3.25. The van der Waals surface area contributed by atoms with E-state index in [-0.39, 0.29) is 41.2 Å². The van der Waals surface area contributed by atoms with Crippen molar-refractivity contribution in [2.24, 2.45) is 5.73 Å². The van der Waals surface area contributed by atoms with E-state index in [2.05, 4.69) is 22.9 Å². The zero-order valence-electron chi connectivity index (χ0n) is 12.0. The van der Waals surface area contributed by atoms with E-state index in [1.165, 1.54) is 12.1 Å². The number of carbonyl (C=O) groups excluding carboxylic acids is 1. The molecule has 0 aliphatic heterocycles. The Balaban J connectivity index is 2.59. The Labute approximate surface area is 128 Å². The number of hydrogen-bond donors (Lipinski definition) is 3. The summed E-state index contributed by atoms with van der Waals surface area (Å²) >= 11 is 4.62. The molecule has 0 spiro atoms. The van der Waals surface area contributed by atoms with Gasteiger partial charge in [-0.25, -0.2) is 8.78 Å². The minimum atomic E-state index is -1.09. The number of anilines is 1. The SMILES string of the molecule is CCC(C)NC(=O)CCNc1ccc(C(N)=S)c(F)c1F. The highest BCUT2D eigenvalue weighted by atomic mass is 32.1. The molecule has 1 aromatic rings. The van der Waals surface area contributed by atoms with Crippen LogP contribution in [0, 0.1) is 11.6 Å². The lowest BCUT2D eigenvalue weighted by atomic mass is 10.1. The van der Waals surface area contributed by atoms with Gasteiger partial charge in [-0.1, -0.05) is 19.1 Å². The fourth-order valence-corrected chi connectivity index (χ4v) is 1.79. The third-order valence-electron chi connectivity index (χ3n) is 3.04. The molecule has 7 heteroatoms. The van der Waals surface area contributed by atoms with Crippen LogP contribution in [-0.4, -0.2) is 23.5 Å². The molecule has 1 aromatic carbocycles. The summed E-state index contributed by atoms with van der Waals surface area (Å²) in [6.45, 7) is 4.06. The van der Waals surface area contributed by atoms with E-state index in [1.54, 1.807) is 0 Å². The summed E-state index contributed by atoms with van der Waals surface area (Å²) in [5.74, 6) is -2.28. The van der Waals surface area contributed by atoms with Crippen LogP contribution < -0.4 is 16.4 Å². The quantitative estimate of drug-likeness (QED) is 0.676. The number of carbonyl (C=O) groups is 1. The summed E-state index contributed by atoms with van der Waals surface area (Å²) in [7, 11) is 0. The highest BCUT2D eigenvalue weighted by molar-refractivity contribution is 7.80. The molecule has 116 valence electrons. The van der Waals surface area contributed by atoms with Crippen molar-refractivity contribution in [1.82, 2.24) is 5.32 Å². The molecule has 21 heavy (non-hydrogen) atoms. The van der Waals surface area contributed by atoms with Gasteiger partial charge in [0.1, 0.15) is 4.99 Å². The van der Waals surface area contributed by atoms with Crippen molar-refractivity contribution in [3.8, 4) is 0 Å². The van der Waals surface area contributed by atoms with Gasteiger partial charge in [-0.05, 0) is 25.5 Å². The topological polar surface area (TPSA) is 67.2 Å². The molecule has 0 bridgehead atoms. The smallest absolute Gasteiger partial charge is 0.221 e. The van der Waals surface area contributed by atoms with Gasteiger partial charge in [0.05, 0.1) is 5.69 Å². The van der Waals surface area contributed by atoms with Crippen molar-refractivity contribution in [1.29, 1.82) is 0 Å². The largest absolute Gasteiger partial charge is 0.389 e. The minimum absolute atomic E-state index is 0.0242. The van der Waals surface area contributed by atoms with Crippen LogP contribution in [0.3, 0.4) is 0 Å². The number of nitrogens with two attached hydrogens (primary N) is 1. The number of rotatable bonds is 7. The number of hydrogen-bond acceptors (Lipinski definition) is 3. The molecule has 0 fully saturated rings. The van der Waals surface area contributed by atoms with Gasteiger partial charge in [0.2, 0.25) is 5.91 Å². The lowest BCUT2D eigenvalue weighted by Crippen LogP contribution is -2.33. The second kappa shape index (κ2) is 7.87. The lowest BCUT2D eigenvalue weighted by Gasteiger charge is -2.13. The van der Waals surface area contributed by atoms with Crippen LogP contribution in [-0.2, 0) is 4.79 Å². The van der Waals surface area contributed by atoms with Gasteiger partial charge in [0.25, 0.3) is 0 Å². The second-order valence-corrected chi connectivity index (χ2v) is 5.15. The Kier molecular flexibility index (Phi) is 6.48. The summed E-state index contributed by atoms with van der Waals surface area (Å²) in [5, 5.41) is 5.47. The van der Waals surface area contributed by atoms with E-state index < -0.39 is 11.6 Å².